The molecule has 0 radical (unpaired) electrons. The fourth-order valence-corrected chi connectivity index (χ4v) is 3.69. The minimum Gasteiger partial charge on any atom is -0.496 e. The van der Waals surface area contributed by atoms with Gasteiger partial charge in [0.2, 0.25) is 5.95 Å². The molecule has 0 saturated carbocycles. The van der Waals surface area contributed by atoms with Crippen molar-refractivity contribution in [1.82, 2.24) is 9.55 Å². The number of rotatable bonds is 4. The summed E-state index contributed by atoms with van der Waals surface area (Å²) in [6.07, 6.45) is -0.216. The predicted molar refractivity (Wildman–Crippen MR) is 108 cm³/mol. The van der Waals surface area contributed by atoms with Crippen molar-refractivity contribution in [2.24, 2.45) is 0 Å². The van der Waals surface area contributed by atoms with E-state index in [9.17, 15) is 4.79 Å². The molecule has 1 aliphatic heterocycles. The van der Waals surface area contributed by atoms with Gasteiger partial charge in [-0.3, -0.25) is 4.57 Å². The number of carbonyl (C=O) groups is 1. The van der Waals surface area contributed by atoms with Crippen LogP contribution in [0.3, 0.4) is 0 Å². The molecule has 0 bridgehead atoms. The number of ether oxygens (including phenoxy) is 2. The molecule has 1 N–H and O–H groups in total. The van der Waals surface area contributed by atoms with E-state index in [0.717, 1.165) is 22.3 Å². The van der Waals surface area contributed by atoms with Gasteiger partial charge in [0.25, 0.3) is 0 Å². The average molecular weight is 377 g/mol. The van der Waals surface area contributed by atoms with Crippen LogP contribution in [0.1, 0.15) is 32.4 Å². The summed E-state index contributed by atoms with van der Waals surface area (Å²) in [5, 5.41) is 3.28. The molecule has 144 valence electrons. The largest absolute Gasteiger partial charge is 0.496 e. The maximum absolute atomic E-state index is 13.1. The molecule has 0 fully saturated rings. The first-order chi connectivity index (χ1) is 13.5. The van der Waals surface area contributed by atoms with Gasteiger partial charge < -0.3 is 14.8 Å². The number of allylic oxidation sites excluding steroid dienone is 1. The lowest BCUT2D eigenvalue weighted by Crippen LogP contribution is -2.30. The van der Waals surface area contributed by atoms with Crippen LogP contribution in [0, 0.1) is 0 Å². The lowest BCUT2D eigenvalue weighted by Gasteiger charge is -2.31. The lowest BCUT2D eigenvalue weighted by atomic mass is 9.94. The number of hydrogen-bond acceptors (Lipinski definition) is 5. The Morgan fingerprint density at radius 1 is 1.14 bits per heavy atom. The summed E-state index contributed by atoms with van der Waals surface area (Å²) in [5.41, 5.74) is 3.95. The topological polar surface area (TPSA) is 65.4 Å². The third kappa shape index (κ3) is 2.91. The second kappa shape index (κ2) is 7.03. The van der Waals surface area contributed by atoms with Crippen LogP contribution in [-0.4, -0.2) is 28.7 Å². The molecule has 0 spiro atoms. The summed E-state index contributed by atoms with van der Waals surface area (Å²) >= 11 is 0. The van der Waals surface area contributed by atoms with Gasteiger partial charge in [-0.1, -0.05) is 30.3 Å². The first kappa shape index (κ1) is 18.1. The molecular formula is C22H23N3O3. The zero-order chi connectivity index (χ0) is 19.8. The summed E-state index contributed by atoms with van der Waals surface area (Å²) in [6, 6.07) is 15.2. The number of nitrogens with zero attached hydrogens (tertiary/aromatic N) is 2. The molecule has 1 atom stereocenters. The monoisotopic (exact) mass is 377 g/mol. The second-order valence-corrected chi connectivity index (χ2v) is 7.06. The zero-order valence-corrected chi connectivity index (χ0v) is 16.4. The minimum absolute atomic E-state index is 0.216. The van der Waals surface area contributed by atoms with Crippen molar-refractivity contribution >= 4 is 23.0 Å². The van der Waals surface area contributed by atoms with Gasteiger partial charge in [0.05, 0.1) is 35.9 Å². The zero-order valence-electron chi connectivity index (χ0n) is 16.4. The molecule has 0 aliphatic carbocycles. The molecule has 6 heteroatoms. The van der Waals surface area contributed by atoms with E-state index in [4.69, 9.17) is 14.5 Å². The van der Waals surface area contributed by atoms with Crippen molar-refractivity contribution in [3.8, 4) is 5.75 Å². The molecule has 0 amide bonds. The van der Waals surface area contributed by atoms with Crippen LogP contribution < -0.4 is 10.1 Å². The molecule has 6 nitrogen and oxygen atoms in total. The van der Waals surface area contributed by atoms with E-state index in [1.807, 2.05) is 73.9 Å². The van der Waals surface area contributed by atoms with Gasteiger partial charge in [0, 0.05) is 11.3 Å². The SMILES string of the molecule is COc1ccccc1C1C(C(=O)OC(C)C)=C(C)Nc2nc3ccccc3n21. The van der Waals surface area contributed by atoms with E-state index < -0.39 is 6.04 Å². The summed E-state index contributed by atoms with van der Waals surface area (Å²) in [6.45, 7) is 5.57. The molecule has 4 rings (SSSR count). The maximum atomic E-state index is 13.1. The Hall–Kier alpha value is -3.28. The predicted octanol–water partition coefficient (Wildman–Crippen LogP) is 4.29. The van der Waals surface area contributed by atoms with E-state index in [1.54, 1.807) is 7.11 Å². The number of esters is 1. The summed E-state index contributed by atoms with van der Waals surface area (Å²) in [4.78, 5) is 17.8. The number of anilines is 1. The van der Waals surface area contributed by atoms with Crippen molar-refractivity contribution in [3.63, 3.8) is 0 Å². The number of imidazole rings is 1. The fourth-order valence-electron chi connectivity index (χ4n) is 3.69. The Kier molecular flexibility index (Phi) is 4.55. The second-order valence-electron chi connectivity index (χ2n) is 7.06. The Balaban J connectivity index is 1.99. The van der Waals surface area contributed by atoms with E-state index >= 15 is 0 Å². The molecule has 3 aromatic rings. The van der Waals surface area contributed by atoms with Crippen molar-refractivity contribution in [3.05, 3.63) is 65.4 Å². The Labute approximate surface area is 163 Å². The van der Waals surface area contributed by atoms with Crippen LogP contribution >= 0.6 is 0 Å². The number of methoxy groups -OCH3 is 1. The molecular weight excluding hydrogens is 354 g/mol. The minimum atomic E-state index is -0.411. The van der Waals surface area contributed by atoms with Crippen LogP contribution in [0.2, 0.25) is 0 Å². The van der Waals surface area contributed by atoms with E-state index in [1.165, 1.54) is 0 Å². The third-order valence-electron chi connectivity index (χ3n) is 4.83. The molecule has 28 heavy (non-hydrogen) atoms. The maximum Gasteiger partial charge on any atom is 0.338 e. The Morgan fingerprint density at radius 2 is 1.86 bits per heavy atom. The molecule has 2 heterocycles. The highest BCUT2D eigenvalue weighted by Crippen LogP contribution is 2.42. The van der Waals surface area contributed by atoms with E-state index in [0.29, 0.717) is 17.3 Å². The highest BCUT2D eigenvalue weighted by molar-refractivity contribution is 5.94. The molecule has 0 saturated heterocycles. The highest BCUT2D eigenvalue weighted by atomic mass is 16.5. The van der Waals surface area contributed by atoms with Crippen molar-refractivity contribution in [2.75, 3.05) is 12.4 Å². The summed E-state index contributed by atoms with van der Waals surface area (Å²) in [5.74, 6) is 1.05. The summed E-state index contributed by atoms with van der Waals surface area (Å²) < 4.78 is 13.2. The van der Waals surface area contributed by atoms with Crippen LogP contribution in [0.4, 0.5) is 5.95 Å². The first-order valence-electron chi connectivity index (χ1n) is 9.30. The number of fused-ring (bicyclic) bond motifs is 3. The van der Waals surface area contributed by atoms with Gasteiger partial charge in [0.1, 0.15) is 5.75 Å². The van der Waals surface area contributed by atoms with Crippen LogP contribution in [0.5, 0.6) is 5.75 Å². The first-order valence-corrected chi connectivity index (χ1v) is 9.30. The number of hydrogen-bond donors (Lipinski definition) is 1. The van der Waals surface area contributed by atoms with Crippen LogP contribution in [0.25, 0.3) is 11.0 Å². The van der Waals surface area contributed by atoms with Crippen molar-refractivity contribution < 1.29 is 14.3 Å². The number of benzene rings is 2. The normalized spacial score (nSPS) is 16.1. The van der Waals surface area contributed by atoms with Gasteiger partial charge in [-0.05, 0) is 39.0 Å². The van der Waals surface area contributed by atoms with E-state index in [2.05, 4.69) is 5.32 Å². The fraction of sp³-hybridized carbons (Fsp3) is 0.273. The molecule has 2 aromatic carbocycles. The average Bonchev–Trinajstić information content (AvgIpc) is 3.04. The van der Waals surface area contributed by atoms with Gasteiger partial charge in [-0.25, -0.2) is 9.78 Å². The number of carbonyl (C=O) groups excluding carboxylic acids is 1. The van der Waals surface area contributed by atoms with Crippen LogP contribution in [0.15, 0.2) is 59.8 Å². The van der Waals surface area contributed by atoms with Gasteiger partial charge in [-0.15, -0.1) is 0 Å². The molecule has 1 aliphatic rings. The Morgan fingerprint density at radius 3 is 2.61 bits per heavy atom. The Bertz CT molecular complexity index is 1080. The quantitative estimate of drug-likeness (QED) is 0.687. The standard InChI is InChI=1S/C22H23N3O3/c1-13(2)28-21(26)19-14(3)23-22-24-16-10-6-7-11-17(16)25(22)20(19)15-9-5-8-12-18(15)27-4/h5-13,20H,1-4H3,(H,23,24). The number of para-hydroxylation sites is 3. The van der Waals surface area contributed by atoms with Gasteiger partial charge in [0.15, 0.2) is 0 Å². The van der Waals surface area contributed by atoms with Crippen LogP contribution in [-0.2, 0) is 9.53 Å². The smallest absolute Gasteiger partial charge is 0.338 e. The van der Waals surface area contributed by atoms with Crippen molar-refractivity contribution in [1.29, 1.82) is 0 Å². The lowest BCUT2D eigenvalue weighted by molar-refractivity contribution is -0.143. The van der Waals surface area contributed by atoms with E-state index in [-0.39, 0.29) is 12.1 Å². The third-order valence-corrected chi connectivity index (χ3v) is 4.83. The van der Waals surface area contributed by atoms with Gasteiger partial charge >= 0.3 is 5.97 Å². The summed E-state index contributed by atoms with van der Waals surface area (Å²) in [7, 11) is 1.63. The highest BCUT2D eigenvalue weighted by Gasteiger charge is 2.36. The van der Waals surface area contributed by atoms with Crippen molar-refractivity contribution in [2.45, 2.75) is 32.9 Å². The number of aromatic nitrogens is 2. The molecule has 1 unspecified atom stereocenters. The van der Waals surface area contributed by atoms with Gasteiger partial charge in [-0.2, -0.15) is 0 Å². The number of nitrogens with one attached hydrogen (secondary N) is 1. The molecule has 1 aromatic heterocycles.